The van der Waals surface area contributed by atoms with Gasteiger partial charge in [0.2, 0.25) is 5.91 Å². The first-order valence-electron chi connectivity index (χ1n) is 7.52. The molecule has 0 radical (unpaired) electrons. The summed E-state index contributed by atoms with van der Waals surface area (Å²) < 4.78 is 26.1. The summed E-state index contributed by atoms with van der Waals surface area (Å²) in [6.45, 7) is 0.825. The lowest BCUT2D eigenvalue weighted by atomic mass is 10.2. The second-order valence-electron chi connectivity index (χ2n) is 5.51. The Morgan fingerprint density at radius 3 is 2.75 bits per heavy atom. The fraction of sp³-hybridized carbons (Fsp3) is 0.235. The molecule has 1 aliphatic rings. The van der Waals surface area contributed by atoms with Crippen molar-refractivity contribution in [3.8, 4) is 0 Å². The predicted molar refractivity (Wildman–Crippen MR) is 83.4 cm³/mol. The number of carbonyl (C=O) groups is 2. The minimum absolute atomic E-state index is 0.0349. The van der Waals surface area contributed by atoms with E-state index in [2.05, 4.69) is 10.3 Å². The lowest BCUT2D eigenvalue weighted by Gasteiger charge is -2.16. The molecule has 1 aliphatic heterocycles. The third-order valence-corrected chi connectivity index (χ3v) is 3.80. The van der Waals surface area contributed by atoms with Gasteiger partial charge in [-0.15, -0.1) is 0 Å². The van der Waals surface area contributed by atoms with Crippen LogP contribution < -0.4 is 10.2 Å². The van der Waals surface area contributed by atoms with Crippen molar-refractivity contribution in [1.29, 1.82) is 0 Å². The minimum atomic E-state index is -1.07. The van der Waals surface area contributed by atoms with E-state index in [9.17, 15) is 18.4 Å². The molecule has 0 unspecified atom stereocenters. The first-order chi connectivity index (χ1) is 11.5. The largest absolute Gasteiger partial charge is 0.348 e. The van der Waals surface area contributed by atoms with Crippen molar-refractivity contribution < 1.29 is 18.4 Å². The fourth-order valence-electron chi connectivity index (χ4n) is 2.56. The van der Waals surface area contributed by atoms with E-state index in [0.717, 1.165) is 18.6 Å². The number of hydrogen-bond acceptors (Lipinski definition) is 3. The van der Waals surface area contributed by atoms with Gasteiger partial charge in [0.05, 0.1) is 11.9 Å². The van der Waals surface area contributed by atoms with Gasteiger partial charge in [-0.05, 0) is 36.2 Å². The topological polar surface area (TPSA) is 62.3 Å². The molecule has 2 heterocycles. The first kappa shape index (κ1) is 16.0. The third-order valence-electron chi connectivity index (χ3n) is 3.80. The number of rotatable bonds is 4. The Hall–Kier alpha value is -2.83. The summed E-state index contributed by atoms with van der Waals surface area (Å²) in [7, 11) is 0. The lowest BCUT2D eigenvalue weighted by Crippen LogP contribution is -2.25. The molecule has 5 nitrogen and oxygen atoms in total. The van der Waals surface area contributed by atoms with Crippen LogP contribution in [0.1, 0.15) is 28.8 Å². The molecule has 1 fully saturated rings. The van der Waals surface area contributed by atoms with Crippen LogP contribution in [0.5, 0.6) is 0 Å². The van der Waals surface area contributed by atoms with E-state index in [1.807, 2.05) is 0 Å². The number of nitrogens with one attached hydrogen (secondary N) is 1. The van der Waals surface area contributed by atoms with Gasteiger partial charge in [-0.1, -0.05) is 0 Å². The third kappa shape index (κ3) is 3.40. The van der Waals surface area contributed by atoms with Crippen molar-refractivity contribution in [2.24, 2.45) is 0 Å². The predicted octanol–water partition coefficient (Wildman–Crippen LogP) is 2.42. The smallest absolute Gasteiger partial charge is 0.251 e. The number of nitrogens with zero attached hydrogens (tertiary/aromatic N) is 2. The van der Waals surface area contributed by atoms with E-state index in [0.29, 0.717) is 24.2 Å². The molecule has 0 spiro atoms. The summed E-state index contributed by atoms with van der Waals surface area (Å²) in [5.74, 6) is -2.53. The van der Waals surface area contributed by atoms with Crippen molar-refractivity contribution in [3.63, 3.8) is 0 Å². The van der Waals surface area contributed by atoms with Gasteiger partial charge in [-0.3, -0.25) is 14.6 Å². The Labute approximate surface area is 137 Å². The Balaban J connectivity index is 1.67. The molecule has 0 saturated carbocycles. The van der Waals surface area contributed by atoms with Crippen LogP contribution in [0.25, 0.3) is 0 Å². The van der Waals surface area contributed by atoms with Gasteiger partial charge in [0, 0.05) is 31.3 Å². The zero-order chi connectivity index (χ0) is 17.1. The van der Waals surface area contributed by atoms with Crippen LogP contribution in [-0.2, 0) is 11.3 Å². The van der Waals surface area contributed by atoms with Crippen molar-refractivity contribution in [1.82, 2.24) is 10.3 Å². The van der Waals surface area contributed by atoms with Crippen molar-refractivity contribution >= 4 is 17.5 Å². The molecule has 2 aromatic rings. The van der Waals surface area contributed by atoms with Gasteiger partial charge < -0.3 is 10.2 Å². The molecule has 1 aromatic carbocycles. The van der Waals surface area contributed by atoms with E-state index in [4.69, 9.17) is 0 Å². The number of amides is 2. The molecule has 3 rings (SSSR count). The van der Waals surface area contributed by atoms with E-state index < -0.39 is 17.5 Å². The quantitative estimate of drug-likeness (QED) is 0.936. The normalized spacial score (nSPS) is 14.1. The molecular formula is C17H15F2N3O2. The summed E-state index contributed by atoms with van der Waals surface area (Å²) in [5.41, 5.74) is 1.44. The second kappa shape index (κ2) is 6.74. The van der Waals surface area contributed by atoms with Gasteiger partial charge >= 0.3 is 0 Å². The summed E-state index contributed by atoms with van der Waals surface area (Å²) >= 11 is 0. The molecular weight excluding hydrogens is 316 g/mol. The van der Waals surface area contributed by atoms with Gasteiger partial charge in [0.25, 0.3) is 5.91 Å². The number of carbonyl (C=O) groups excluding carboxylic acids is 2. The standard InChI is InChI=1S/C17H15F2N3O2/c18-14-4-3-12(7-15(14)19)17(24)21-9-11-6-13(10-20-8-11)22-5-1-2-16(22)23/h3-4,6-8,10H,1-2,5,9H2,(H,21,24). The maximum absolute atomic E-state index is 13.2. The van der Waals surface area contributed by atoms with Crippen LogP contribution in [0.15, 0.2) is 36.7 Å². The molecule has 1 saturated heterocycles. The highest BCUT2D eigenvalue weighted by atomic mass is 19.2. The highest BCUT2D eigenvalue weighted by molar-refractivity contribution is 5.95. The average Bonchev–Trinajstić information content (AvgIpc) is 3.01. The SMILES string of the molecule is O=C(NCc1cncc(N2CCCC2=O)c1)c1ccc(F)c(F)c1. The van der Waals surface area contributed by atoms with Crippen molar-refractivity contribution in [2.45, 2.75) is 19.4 Å². The minimum Gasteiger partial charge on any atom is -0.348 e. The fourth-order valence-corrected chi connectivity index (χ4v) is 2.56. The summed E-state index contributed by atoms with van der Waals surface area (Å²) in [5, 5.41) is 2.62. The Morgan fingerprint density at radius 2 is 2.04 bits per heavy atom. The number of benzene rings is 1. The van der Waals surface area contributed by atoms with Crippen LogP contribution >= 0.6 is 0 Å². The molecule has 124 valence electrons. The monoisotopic (exact) mass is 331 g/mol. The van der Waals surface area contributed by atoms with E-state index in [1.165, 1.54) is 6.07 Å². The molecule has 0 atom stereocenters. The van der Waals surface area contributed by atoms with E-state index in [1.54, 1.807) is 23.4 Å². The van der Waals surface area contributed by atoms with Crippen molar-refractivity contribution in [3.05, 3.63) is 59.4 Å². The maximum atomic E-state index is 13.2. The first-order valence-corrected chi connectivity index (χ1v) is 7.52. The van der Waals surface area contributed by atoms with Gasteiger partial charge in [-0.2, -0.15) is 0 Å². The van der Waals surface area contributed by atoms with Gasteiger partial charge in [-0.25, -0.2) is 8.78 Å². The van der Waals surface area contributed by atoms with Crippen LogP contribution in [0.4, 0.5) is 14.5 Å². The zero-order valence-corrected chi connectivity index (χ0v) is 12.8. The van der Waals surface area contributed by atoms with Gasteiger partial charge in [0.1, 0.15) is 0 Å². The Kier molecular flexibility index (Phi) is 4.50. The number of halogens is 2. The molecule has 2 amide bonds. The summed E-state index contributed by atoms with van der Waals surface area (Å²) in [6.07, 6.45) is 4.52. The highest BCUT2D eigenvalue weighted by Crippen LogP contribution is 2.21. The number of pyridine rings is 1. The molecule has 0 bridgehead atoms. The number of aromatic nitrogens is 1. The number of hydrogen-bond donors (Lipinski definition) is 1. The van der Waals surface area contributed by atoms with Crippen LogP contribution in [-0.4, -0.2) is 23.3 Å². The summed E-state index contributed by atoms with van der Waals surface area (Å²) in [6, 6.07) is 4.75. The van der Waals surface area contributed by atoms with Gasteiger partial charge in [0.15, 0.2) is 11.6 Å². The molecule has 1 N–H and O–H groups in total. The second-order valence-corrected chi connectivity index (χ2v) is 5.51. The van der Waals surface area contributed by atoms with E-state index in [-0.39, 0.29) is 18.0 Å². The summed E-state index contributed by atoms with van der Waals surface area (Å²) in [4.78, 5) is 29.5. The molecule has 1 aromatic heterocycles. The van der Waals surface area contributed by atoms with Crippen LogP contribution in [0.3, 0.4) is 0 Å². The van der Waals surface area contributed by atoms with Crippen LogP contribution in [0.2, 0.25) is 0 Å². The highest BCUT2D eigenvalue weighted by Gasteiger charge is 2.22. The lowest BCUT2D eigenvalue weighted by molar-refractivity contribution is -0.117. The van der Waals surface area contributed by atoms with E-state index >= 15 is 0 Å². The number of anilines is 1. The van der Waals surface area contributed by atoms with Crippen LogP contribution in [0, 0.1) is 11.6 Å². The molecule has 7 heteroatoms. The average molecular weight is 331 g/mol. The molecule has 0 aliphatic carbocycles. The van der Waals surface area contributed by atoms with Crippen molar-refractivity contribution in [2.75, 3.05) is 11.4 Å². The Bertz CT molecular complexity index is 795. The maximum Gasteiger partial charge on any atom is 0.251 e. The zero-order valence-electron chi connectivity index (χ0n) is 12.8. The Morgan fingerprint density at radius 1 is 1.21 bits per heavy atom. The molecule has 24 heavy (non-hydrogen) atoms.